The third-order valence-electron chi connectivity index (χ3n) is 2.07. The lowest BCUT2D eigenvalue weighted by Gasteiger charge is -2.19. The van der Waals surface area contributed by atoms with Gasteiger partial charge in [0.2, 0.25) is 5.89 Å². The van der Waals surface area contributed by atoms with Crippen molar-refractivity contribution in [2.75, 3.05) is 0 Å². The average Bonchev–Trinajstić information content (AvgIpc) is 2.34. The van der Waals surface area contributed by atoms with Crippen molar-refractivity contribution in [3.8, 4) is 0 Å². The van der Waals surface area contributed by atoms with Gasteiger partial charge in [-0.05, 0) is 19.8 Å². The normalized spacial score (nSPS) is 16.2. The van der Waals surface area contributed by atoms with E-state index in [0.29, 0.717) is 17.6 Å². The monoisotopic (exact) mass is 184 g/mol. The third-order valence-corrected chi connectivity index (χ3v) is 2.07. The summed E-state index contributed by atoms with van der Waals surface area (Å²) in [7, 11) is 0. The van der Waals surface area contributed by atoms with Gasteiger partial charge in [0.25, 0.3) is 0 Å². The van der Waals surface area contributed by atoms with Gasteiger partial charge in [-0.25, -0.2) is 0 Å². The average molecular weight is 184 g/mol. The maximum atomic E-state index is 9.52. The molecule has 1 heterocycles. The van der Waals surface area contributed by atoms with Gasteiger partial charge >= 0.3 is 0 Å². The van der Waals surface area contributed by atoms with Crippen LogP contribution < -0.4 is 0 Å². The van der Waals surface area contributed by atoms with E-state index in [1.54, 1.807) is 13.8 Å². The van der Waals surface area contributed by atoms with Gasteiger partial charge in [-0.15, -0.1) is 0 Å². The molecule has 1 rings (SSSR count). The van der Waals surface area contributed by atoms with Gasteiger partial charge in [0.15, 0.2) is 5.82 Å². The first-order valence-corrected chi connectivity index (χ1v) is 4.50. The maximum Gasteiger partial charge on any atom is 0.232 e. The van der Waals surface area contributed by atoms with Crippen LogP contribution >= 0.6 is 0 Å². The fourth-order valence-electron chi connectivity index (χ4n) is 1.50. The summed E-state index contributed by atoms with van der Waals surface area (Å²) in [5.41, 5.74) is 0. The van der Waals surface area contributed by atoms with E-state index in [1.165, 1.54) is 0 Å². The van der Waals surface area contributed by atoms with Gasteiger partial charge in [-0.2, -0.15) is 4.98 Å². The topological polar surface area (TPSA) is 59.2 Å². The Morgan fingerprint density at radius 1 is 1.31 bits per heavy atom. The van der Waals surface area contributed by atoms with Crippen LogP contribution in [0.4, 0.5) is 0 Å². The van der Waals surface area contributed by atoms with Crippen LogP contribution in [0.3, 0.4) is 0 Å². The molecule has 0 saturated heterocycles. The fourth-order valence-corrected chi connectivity index (χ4v) is 1.50. The Hall–Kier alpha value is -0.900. The van der Waals surface area contributed by atoms with Crippen molar-refractivity contribution in [3.63, 3.8) is 0 Å². The van der Waals surface area contributed by atoms with Crippen LogP contribution in [-0.2, 0) is 0 Å². The van der Waals surface area contributed by atoms with Gasteiger partial charge in [-0.3, -0.25) is 0 Å². The van der Waals surface area contributed by atoms with E-state index in [0.717, 1.165) is 0 Å². The van der Waals surface area contributed by atoms with Crippen molar-refractivity contribution in [1.29, 1.82) is 0 Å². The summed E-state index contributed by atoms with van der Waals surface area (Å²) in [6, 6.07) is 0. The first-order valence-electron chi connectivity index (χ1n) is 4.50. The molecule has 0 aliphatic rings. The Kier molecular flexibility index (Phi) is 3.03. The number of hydrogen-bond acceptors (Lipinski definition) is 4. The molecule has 0 aliphatic heterocycles. The van der Waals surface area contributed by atoms with E-state index in [-0.39, 0.29) is 5.92 Å². The summed E-state index contributed by atoms with van der Waals surface area (Å²) < 4.78 is 5.03. The number of hydrogen-bond donors (Lipinski definition) is 1. The summed E-state index contributed by atoms with van der Waals surface area (Å²) in [6.45, 7) is 7.56. The molecule has 1 aromatic rings. The van der Waals surface area contributed by atoms with E-state index in [4.69, 9.17) is 4.52 Å². The third kappa shape index (κ3) is 2.28. The van der Waals surface area contributed by atoms with Crippen LogP contribution in [-0.4, -0.2) is 21.4 Å². The zero-order chi connectivity index (χ0) is 10.0. The molecule has 0 spiro atoms. The predicted octanol–water partition coefficient (Wildman–Crippen LogP) is 1.50. The number of nitrogens with zero attached hydrogens (tertiary/aromatic N) is 2. The van der Waals surface area contributed by atoms with Gasteiger partial charge < -0.3 is 9.63 Å². The molecule has 0 bridgehead atoms. The van der Waals surface area contributed by atoms with Gasteiger partial charge in [-0.1, -0.05) is 19.0 Å². The van der Waals surface area contributed by atoms with Gasteiger partial charge in [0.1, 0.15) is 0 Å². The molecule has 0 fully saturated rings. The smallest absolute Gasteiger partial charge is 0.232 e. The van der Waals surface area contributed by atoms with Crippen LogP contribution in [0.15, 0.2) is 4.52 Å². The molecule has 0 aliphatic carbocycles. The van der Waals surface area contributed by atoms with Crippen LogP contribution in [0.25, 0.3) is 0 Å². The zero-order valence-electron chi connectivity index (χ0n) is 8.48. The van der Waals surface area contributed by atoms with E-state index in [1.807, 2.05) is 13.8 Å². The van der Waals surface area contributed by atoms with Crippen LogP contribution in [0, 0.1) is 12.8 Å². The van der Waals surface area contributed by atoms with Gasteiger partial charge in [0.05, 0.1) is 12.0 Å². The molecule has 0 unspecified atom stereocenters. The molecule has 0 saturated carbocycles. The van der Waals surface area contributed by atoms with Gasteiger partial charge in [0, 0.05) is 0 Å². The molecule has 0 aromatic carbocycles. The second kappa shape index (κ2) is 3.87. The molecule has 74 valence electrons. The highest BCUT2D eigenvalue weighted by atomic mass is 16.5. The summed E-state index contributed by atoms with van der Waals surface area (Å²) in [4.78, 5) is 4.12. The number of aryl methyl sites for hydroxylation is 1. The standard InChI is InChI=1S/C9H16N2O2/c1-5(2)8(6(3)12)9-10-7(4)11-13-9/h5-6,8,12H,1-4H3/t6-,8+/m1/s1. The first kappa shape index (κ1) is 10.2. The molecule has 2 atom stereocenters. The molecule has 4 heteroatoms. The van der Waals surface area contributed by atoms with Crippen molar-refractivity contribution < 1.29 is 9.63 Å². The Morgan fingerprint density at radius 3 is 2.23 bits per heavy atom. The molecule has 1 N–H and O–H groups in total. The second-order valence-electron chi connectivity index (χ2n) is 3.69. The Morgan fingerprint density at radius 2 is 1.92 bits per heavy atom. The summed E-state index contributed by atoms with van der Waals surface area (Å²) in [5, 5.41) is 13.2. The fraction of sp³-hybridized carbons (Fsp3) is 0.778. The van der Waals surface area contributed by atoms with E-state index >= 15 is 0 Å². The Balaban J connectivity index is 2.88. The largest absolute Gasteiger partial charge is 0.393 e. The molecular formula is C9H16N2O2. The lowest BCUT2D eigenvalue weighted by molar-refractivity contribution is 0.120. The van der Waals surface area contributed by atoms with Crippen LogP contribution in [0.5, 0.6) is 0 Å². The van der Waals surface area contributed by atoms with Crippen molar-refractivity contribution in [3.05, 3.63) is 11.7 Å². The zero-order valence-corrected chi connectivity index (χ0v) is 8.48. The van der Waals surface area contributed by atoms with E-state index in [9.17, 15) is 5.11 Å². The van der Waals surface area contributed by atoms with E-state index < -0.39 is 6.10 Å². The number of aliphatic hydroxyl groups is 1. The second-order valence-corrected chi connectivity index (χ2v) is 3.69. The summed E-state index contributed by atoms with van der Waals surface area (Å²) in [6.07, 6.45) is -0.458. The molecule has 0 amide bonds. The maximum absolute atomic E-state index is 9.52. The quantitative estimate of drug-likeness (QED) is 0.773. The van der Waals surface area contributed by atoms with Crippen molar-refractivity contribution in [2.24, 2.45) is 5.92 Å². The summed E-state index contributed by atoms with van der Waals surface area (Å²) in [5.74, 6) is 1.37. The van der Waals surface area contributed by atoms with Crippen LogP contribution in [0.1, 0.15) is 38.4 Å². The molecular weight excluding hydrogens is 168 g/mol. The Labute approximate surface area is 78.0 Å². The van der Waals surface area contributed by atoms with E-state index in [2.05, 4.69) is 10.1 Å². The molecule has 4 nitrogen and oxygen atoms in total. The van der Waals surface area contributed by atoms with Crippen molar-refractivity contribution in [2.45, 2.75) is 39.7 Å². The number of rotatable bonds is 3. The highest BCUT2D eigenvalue weighted by Gasteiger charge is 2.26. The SMILES string of the molecule is Cc1noc([C@@H](C(C)C)[C@@H](C)O)n1. The number of aliphatic hydroxyl groups excluding tert-OH is 1. The first-order chi connectivity index (χ1) is 6.02. The predicted molar refractivity (Wildman–Crippen MR) is 48.3 cm³/mol. The minimum Gasteiger partial charge on any atom is -0.393 e. The van der Waals surface area contributed by atoms with Crippen molar-refractivity contribution >= 4 is 0 Å². The molecule has 1 aromatic heterocycles. The number of aromatic nitrogens is 2. The lowest BCUT2D eigenvalue weighted by atomic mass is 9.91. The highest BCUT2D eigenvalue weighted by Crippen LogP contribution is 2.26. The molecule has 13 heavy (non-hydrogen) atoms. The Bertz CT molecular complexity index is 260. The minimum absolute atomic E-state index is 0.0683. The lowest BCUT2D eigenvalue weighted by Crippen LogP contribution is -2.20. The summed E-state index contributed by atoms with van der Waals surface area (Å²) >= 11 is 0. The minimum atomic E-state index is -0.458. The highest BCUT2D eigenvalue weighted by molar-refractivity contribution is 4.96. The van der Waals surface area contributed by atoms with Crippen molar-refractivity contribution in [1.82, 2.24) is 10.1 Å². The van der Waals surface area contributed by atoms with Crippen LogP contribution in [0.2, 0.25) is 0 Å². The molecule has 0 radical (unpaired) electrons.